The minimum Gasteiger partial charge on any atom is -0.454 e. The highest BCUT2D eigenvalue weighted by atomic mass is 16.5. The standard InChI is InChI=1S/C13H15N3O/c1-2-12(14)13-6-5-11(9-16-13)17-10-4-3-7-15-8-10/h3-9,12H,2,14H2,1H3. The van der Waals surface area contributed by atoms with Gasteiger partial charge in [0.1, 0.15) is 11.5 Å². The Hall–Kier alpha value is -1.94. The molecule has 1 atom stereocenters. The molecule has 2 rings (SSSR count). The second-order valence-corrected chi connectivity index (χ2v) is 3.72. The van der Waals surface area contributed by atoms with E-state index in [1.54, 1.807) is 18.6 Å². The van der Waals surface area contributed by atoms with Gasteiger partial charge in [0, 0.05) is 12.2 Å². The Morgan fingerprint density at radius 1 is 1.24 bits per heavy atom. The molecule has 2 heterocycles. The summed E-state index contributed by atoms with van der Waals surface area (Å²) in [6.07, 6.45) is 5.91. The van der Waals surface area contributed by atoms with E-state index in [-0.39, 0.29) is 6.04 Å². The smallest absolute Gasteiger partial charge is 0.145 e. The summed E-state index contributed by atoms with van der Waals surface area (Å²) in [5.74, 6) is 1.38. The van der Waals surface area contributed by atoms with E-state index in [1.807, 2.05) is 31.2 Å². The van der Waals surface area contributed by atoms with Gasteiger partial charge in [0.25, 0.3) is 0 Å². The molecule has 0 radical (unpaired) electrons. The molecule has 2 N–H and O–H groups in total. The van der Waals surface area contributed by atoms with E-state index < -0.39 is 0 Å². The van der Waals surface area contributed by atoms with Crippen LogP contribution in [-0.4, -0.2) is 9.97 Å². The Labute approximate surface area is 100 Å². The average Bonchev–Trinajstić information content (AvgIpc) is 2.40. The van der Waals surface area contributed by atoms with Gasteiger partial charge in [0.15, 0.2) is 0 Å². The van der Waals surface area contributed by atoms with Crippen molar-refractivity contribution in [3.05, 3.63) is 48.5 Å². The Morgan fingerprint density at radius 3 is 2.65 bits per heavy atom. The molecule has 0 saturated heterocycles. The lowest BCUT2D eigenvalue weighted by molar-refractivity contribution is 0.476. The molecule has 1 unspecified atom stereocenters. The van der Waals surface area contributed by atoms with Crippen LogP contribution in [-0.2, 0) is 0 Å². The van der Waals surface area contributed by atoms with Crippen LogP contribution in [0.25, 0.3) is 0 Å². The van der Waals surface area contributed by atoms with Crippen LogP contribution in [0, 0.1) is 0 Å². The maximum absolute atomic E-state index is 5.88. The van der Waals surface area contributed by atoms with Gasteiger partial charge in [0.05, 0.1) is 18.1 Å². The topological polar surface area (TPSA) is 61.0 Å². The van der Waals surface area contributed by atoms with Crippen LogP contribution in [0.4, 0.5) is 0 Å². The zero-order chi connectivity index (χ0) is 12.1. The minimum absolute atomic E-state index is 0.0116. The molecule has 0 aliphatic heterocycles. The summed E-state index contributed by atoms with van der Waals surface area (Å²) in [4.78, 5) is 8.25. The molecule has 0 aliphatic rings. The Kier molecular flexibility index (Phi) is 3.67. The van der Waals surface area contributed by atoms with E-state index >= 15 is 0 Å². The van der Waals surface area contributed by atoms with Crippen LogP contribution in [0.1, 0.15) is 25.1 Å². The summed E-state index contributed by atoms with van der Waals surface area (Å²) in [6, 6.07) is 7.41. The van der Waals surface area contributed by atoms with Crippen molar-refractivity contribution in [1.82, 2.24) is 9.97 Å². The second kappa shape index (κ2) is 5.41. The first kappa shape index (κ1) is 11.5. The summed E-state index contributed by atoms with van der Waals surface area (Å²) < 4.78 is 5.58. The second-order valence-electron chi connectivity index (χ2n) is 3.72. The third kappa shape index (κ3) is 3.01. The molecule has 0 fully saturated rings. The molecule has 0 amide bonds. The van der Waals surface area contributed by atoms with Gasteiger partial charge in [-0.05, 0) is 30.7 Å². The van der Waals surface area contributed by atoms with Gasteiger partial charge in [0.2, 0.25) is 0 Å². The van der Waals surface area contributed by atoms with Crippen LogP contribution in [0.5, 0.6) is 11.5 Å². The van der Waals surface area contributed by atoms with E-state index in [2.05, 4.69) is 9.97 Å². The molecule has 4 heteroatoms. The van der Waals surface area contributed by atoms with E-state index in [4.69, 9.17) is 10.5 Å². The quantitative estimate of drug-likeness (QED) is 0.875. The van der Waals surface area contributed by atoms with Crippen molar-refractivity contribution in [1.29, 1.82) is 0 Å². The van der Waals surface area contributed by atoms with E-state index in [9.17, 15) is 0 Å². The Balaban J connectivity index is 2.08. The minimum atomic E-state index is -0.0116. The van der Waals surface area contributed by atoms with Gasteiger partial charge in [-0.3, -0.25) is 9.97 Å². The zero-order valence-corrected chi connectivity index (χ0v) is 9.71. The molecule has 4 nitrogen and oxygen atoms in total. The van der Waals surface area contributed by atoms with Gasteiger partial charge in [-0.15, -0.1) is 0 Å². The third-order valence-electron chi connectivity index (χ3n) is 2.45. The summed E-state index contributed by atoms with van der Waals surface area (Å²) in [6.45, 7) is 2.03. The van der Waals surface area contributed by atoms with Crippen LogP contribution in [0.3, 0.4) is 0 Å². The number of ether oxygens (including phenoxy) is 1. The molecule has 0 spiro atoms. The maximum atomic E-state index is 5.88. The maximum Gasteiger partial charge on any atom is 0.145 e. The van der Waals surface area contributed by atoms with Gasteiger partial charge in [-0.25, -0.2) is 0 Å². The molecule has 2 aromatic rings. The van der Waals surface area contributed by atoms with Crippen molar-refractivity contribution in [3.63, 3.8) is 0 Å². The number of aromatic nitrogens is 2. The molecular formula is C13H15N3O. The largest absolute Gasteiger partial charge is 0.454 e. The van der Waals surface area contributed by atoms with Gasteiger partial charge in [-0.2, -0.15) is 0 Å². The van der Waals surface area contributed by atoms with Gasteiger partial charge >= 0.3 is 0 Å². The number of hydrogen-bond donors (Lipinski definition) is 1. The number of nitrogens with zero attached hydrogens (tertiary/aromatic N) is 2. The summed E-state index contributed by atoms with van der Waals surface area (Å²) in [5.41, 5.74) is 6.76. The lowest BCUT2D eigenvalue weighted by Gasteiger charge is -2.09. The molecule has 0 aromatic carbocycles. The highest BCUT2D eigenvalue weighted by Crippen LogP contribution is 2.20. The highest BCUT2D eigenvalue weighted by Gasteiger charge is 2.05. The lowest BCUT2D eigenvalue weighted by atomic mass is 10.1. The fourth-order valence-corrected chi connectivity index (χ4v) is 1.42. The lowest BCUT2D eigenvalue weighted by Crippen LogP contribution is -2.10. The summed E-state index contributed by atoms with van der Waals surface area (Å²) in [5, 5.41) is 0. The fourth-order valence-electron chi connectivity index (χ4n) is 1.42. The zero-order valence-electron chi connectivity index (χ0n) is 9.71. The van der Waals surface area contributed by atoms with Crippen molar-refractivity contribution in [2.45, 2.75) is 19.4 Å². The first-order valence-corrected chi connectivity index (χ1v) is 5.59. The van der Waals surface area contributed by atoms with Crippen molar-refractivity contribution < 1.29 is 4.74 Å². The number of nitrogens with two attached hydrogens (primary N) is 1. The molecule has 17 heavy (non-hydrogen) atoms. The normalized spacial score (nSPS) is 12.1. The van der Waals surface area contributed by atoms with Crippen molar-refractivity contribution >= 4 is 0 Å². The van der Waals surface area contributed by atoms with Crippen LogP contribution >= 0.6 is 0 Å². The van der Waals surface area contributed by atoms with Crippen LogP contribution in [0.2, 0.25) is 0 Å². The van der Waals surface area contributed by atoms with Gasteiger partial charge in [-0.1, -0.05) is 6.92 Å². The van der Waals surface area contributed by atoms with Crippen LogP contribution in [0.15, 0.2) is 42.9 Å². The number of rotatable bonds is 4. The van der Waals surface area contributed by atoms with Crippen molar-refractivity contribution in [2.75, 3.05) is 0 Å². The first-order chi connectivity index (χ1) is 8.29. The third-order valence-corrected chi connectivity index (χ3v) is 2.45. The fraction of sp³-hybridized carbons (Fsp3) is 0.231. The predicted molar refractivity (Wildman–Crippen MR) is 65.8 cm³/mol. The van der Waals surface area contributed by atoms with E-state index in [1.165, 1.54) is 0 Å². The number of pyridine rings is 2. The highest BCUT2D eigenvalue weighted by molar-refractivity contribution is 5.28. The SMILES string of the molecule is CCC(N)c1ccc(Oc2cccnc2)cn1. The van der Waals surface area contributed by atoms with Crippen LogP contribution < -0.4 is 10.5 Å². The molecule has 0 aliphatic carbocycles. The summed E-state index contributed by atoms with van der Waals surface area (Å²) in [7, 11) is 0. The number of hydrogen-bond acceptors (Lipinski definition) is 4. The van der Waals surface area contributed by atoms with Crippen molar-refractivity contribution in [2.24, 2.45) is 5.73 Å². The first-order valence-electron chi connectivity index (χ1n) is 5.59. The van der Waals surface area contributed by atoms with E-state index in [0.29, 0.717) is 11.5 Å². The summed E-state index contributed by atoms with van der Waals surface area (Å²) >= 11 is 0. The molecule has 88 valence electrons. The van der Waals surface area contributed by atoms with E-state index in [0.717, 1.165) is 12.1 Å². The monoisotopic (exact) mass is 229 g/mol. The van der Waals surface area contributed by atoms with Gasteiger partial charge < -0.3 is 10.5 Å². The Bertz CT molecular complexity index is 456. The molecule has 0 bridgehead atoms. The Morgan fingerprint density at radius 2 is 2.06 bits per heavy atom. The van der Waals surface area contributed by atoms with Crippen molar-refractivity contribution in [3.8, 4) is 11.5 Å². The molecule has 0 saturated carbocycles. The molecular weight excluding hydrogens is 214 g/mol. The predicted octanol–water partition coefficient (Wildman–Crippen LogP) is 2.68. The molecule has 2 aromatic heterocycles. The average molecular weight is 229 g/mol.